The van der Waals surface area contributed by atoms with E-state index in [0.29, 0.717) is 18.9 Å². The lowest BCUT2D eigenvalue weighted by Crippen LogP contribution is -2.28. The average molecular weight is 249 g/mol. The van der Waals surface area contributed by atoms with Crippen molar-refractivity contribution in [3.05, 3.63) is 30.1 Å². The van der Waals surface area contributed by atoms with Gasteiger partial charge in [-0.05, 0) is 30.5 Å². The van der Waals surface area contributed by atoms with Crippen LogP contribution in [0.2, 0.25) is 0 Å². The molecule has 4 nitrogen and oxygen atoms in total. The molecule has 0 spiro atoms. The van der Waals surface area contributed by atoms with E-state index in [9.17, 15) is 4.79 Å². The lowest BCUT2D eigenvalue weighted by atomic mass is 10.1. The van der Waals surface area contributed by atoms with Gasteiger partial charge < -0.3 is 10.6 Å². The fraction of sp³-hybridized carbons (Fsp3) is 0.571. The normalized spacial score (nSPS) is 10.6. The van der Waals surface area contributed by atoms with E-state index < -0.39 is 0 Å². The number of hydrogen-bond donors (Lipinski definition) is 2. The monoisotopic (exact) mass is 249 g/mol. The quantitative estimate of drug-likeness (QED) is 0.690. The molecule has 0 aromatic carbocycles. The second-order valence-electron chi connectivity index (χ2n) is 4.82. The van der Waals surface area contributed by atoms with Crippen LogP contribution in [0.4, 0.5) is 0 Å². The number of rotatable bonds is 8. The summed E-state index contributed by atoms with van der Waals surface area (Å²) in [6.07, 6.45) is 5.17. The second-order valence-corrected chi connectivity index (χ2v) is 4.82. The summed E-state index contributed by atoms with van der Waals surface area (Å²) in [4.78, 5) is 15.5. The summed E-state index contributed by atoms with van der Waals surface area (Å²) in [5, 5.41) is 6.15. The highest BCUT2D eigenvalue weighted by Crippen LogP contribution is 1.96. The van der Waals surface area contributed by atoms with Crippen molar-refractivity contribution in [2.75, 3.05) is 13.1 Å². The van der Waals surface area contributed by atoms with E-state index in [1.807, 2.05) is 12.1 Å². The molecule has 0 radical (unpaired) electrons. The van der Waals surface area contributed by atoms with Gasteiger partial charge in [-0.2, -0.15) is 0 Å². The maximum atomic E-state index is 11.5. The van der Waals surface area contributed by atoms with Crippen molar-refractivity contribution in [2.24, 2.45) is 5.92 Å². The molecular formula is C14H23N3O. The lowest BCUT2D eigenvalue weighted by molar-refractivity contribution is -0.121. The van der Waals surface area contributed by atoms with Gasteiger partial charge in [-0.1, -0.05) is 19.9 Å². The summed E-state index contributed by atoms with van der Waals surface area (Å²) in [6.45, 7) is 6.67. The molecule has 18 heavy (non-hydrogen) atoms. The number of nitrogens with one attached hydrogen (secondary N) is 2. The van der Waals surface area contributed by atoms with Gasteiger partial charge in [0.2, 0.25) is 5.91 Å². The van der Waals surface area contributed by atoms with Gasteiger partial charge in [-0.25, -0.2) is 0 Å². The molecule has 0 aliphatic rings. The smallest absolute Gasteiger partial charge is 0.221 e. The third kappa shape index (κ3) is 7.01. The number of pyridine rings is 1. The Morgan fingerprint density at radius 1 is 1.39 bits per heavy atom. The molecule has 1 heterocycles. The highest BCUT2D eigenvalue weighted by Gasteiger charge is 2.01. The minimum Gasteiger partial charge on any atom is -0.352 e. The van der Waals surface area contributed by atoms with E-state index in [0.717, 1.165) is 25.1 Å². The Labute approximate surface area is 109 Å². The van der Waals surface area contributed by atoms with Crippen LogP contribution in [0.15, 0.2) is 24.5 Å². The molecule has 1 amide bonds. The largest absolute Gasteiger partial charge is 0.352 e. The molecule has 1 aromatic rings. The molecule has 0 atom stereocenters. The van der Waals surface area contributed by atoms with Crippen molar-refractivity contribution in [3.63, 3.8) is 0 Å². The maximum absolute atomic E-state index is 11.5. The molecule has 0 saturated heterocycles. The Bertz CT molecular complexity index is 338. The fourth-order valence-electron chi connectivity index (χ4n) is 1.51. The second kappa shape index (κ2) is 8.64. The zero-order chi connectivity index (χ0) is 13.2. The van der Waals surface area contributed by atoms with Crippen molar-refractivity contribution in [2.45, 2.75) is 33.2 Å². The molecule has 0 aliphatic carbocycles. The first-order chi connectivity index (χ1) is 8.68. The van der Waals surface area contributed by atoms with E-state index in [1.54, 1.807) is 12.4 Å². The number of nitrogens with zero attached hydrogens (tertiary/aromatic N) is 1. The van der Waals surface area contributed by atoms with Crippen molar-refractivity contribution in [3.8, 4) is 0 Å². The minimum absolute atomic E-state index is 0.0795. The highest BCUT2D eigenvalue weighted by molar-refractivity contribution is 5.76. The predicted molar refractivity (Wildman–Crippen MR) is 73.0 cm³/mol. The third-order valence-electron chi connectivity index (χ3n) is 2.64. The minimum atomic E-state index is 0.0795. The van der Waals surface area contributed by atoms with Crippen molar-refractivity contribution >= 4 is 5.91 Å². The summed E-state index contributed by atoms with van der Waals surface area (Å²) in [5.41, 5.74) is 1.03. The van der Waals surface area contributed by atoms with Gasteiger partial charge in [-0.3, -0.25) is 9.78 Å². The van der Waals surface area contributed by atoms with Gasteiger partial charge in [0, 0.05) is 31.9 Å². The van der Waals surface area contributed by atoms with Crippen LogP contribution in [0.25, 0.3) is 0 Å². The number of amides is 1. The van der Waals surface area contributed by atoms with Crippen LogP contribution in [0.5, 0.6) is 0 Å². The van der Waals surface area contributed by atoms with Crippen LogP contribution in [0.3, 0.4) is 0 Å². The molecule has 100 valence electrons. The zero-order valence-corrected chi connectivity index (χ0v) is 11.3. The Morgan fingerprint density at radius 2 is 2.22 bits per heavy atom. The van der Waals surface area contributed by atoms with Gasteiger partial charge >= 0.3 is 0 Å². The van der Waals surface area contributed by atoms with E-state index in [4.69, 9.17) is 0 Å². The van der Waals surface area contributed by atoms with E-state index in [2.05, 4.69) is 29.5 Å². The van der Waals surface area contributed by atoms with Crippen LogP contribution in [0, 0.1) is 5.92 Å². The molecule has 1 rings (SSSR count). The van der Waals surface area contributed by atoms with E-state index >= 15 is 0 Å². The molecule has 4 heteroatoms. The number of carbonyl (C=O) groups excluding carboxylic acids is 1. The van der Waals surface area contributed by atoms with Gasteiger partial charge in [-0.15, -0.1) is 0 Å². The zero-order valence-electron chi connectivity index (χ0n) is 11.3. The van der Waals surface area contributed by atoms with Gasteiger partial charge in [0.25, 0.3) is 0 Å². The first-order valence-corrected chi connectivity index (χ1v) is 6.55. The summed E-state index contributed by atoms with van der Waals surface area (Å²) in [7, 11) is 0. The molecule has 0 fully saturated rings. The molecule has 2 N–H and O–H groups in total. The van der Waals surface area contributed by atoms with Crippen LogP contribution in [0.1, 0.15) is 32.3 Å². The van der Waals surface area contributed by atoms with E-state index in [-0.39, 0.29) is 5.91 Å². The van der Waals surface area contributed by atoms with E-state index in [1.165, 1.54) is 0 Å². The third-order valence-corrected chi connectivity index (χ3v) is 2.64. The van der Waals surface area contributed by atoms with Gasteiger partial charge in [0.05, 0.1) is 0 Å². The standard InChI is InChI=1S/C14H23N3O/c1-12(2)5-8-15-9-6-14(18)17-11-13-4-3-7-16-10-13/h3-4,7,10,12,15H,5-6,8-9,11H2,1-2H3,(H,17,18). The SMILES string of the molecule is CC(C)CCNCCC(=O)NCc1cccnc1. The maximum Gasteiger partial charge on any atom is 0.221 e. The number of aromatic nitrogens is 1. The number of carbonyl (C=O) groups is 1. The molecule has 0 unspecified atom stereocenters. The first kappa shape index (κ1) is 14.6. The van der Waals surface area contributed by atoms with Gasteiger partial charge in [0.15, 0.2) is 0 Å². The van der Waals surface area contributed by atoms with Crippen LogP contribution in [-0.4, -0.2) is 24.0 Å². The molecule has 1 aromatic heterocycles. The fourth-order valence-corrected chi connectivity index (χ4v) is 1.51. The summed E-state index contributed by atoms with van der Waals surface area (Å²) >= 11 is 0. The van der Waals surface area contributed by atoms with Crippen LogP contribution in [-0.2, 0) is 11.3 Å². The van der Waals surface area contributed by atoms with Crippen molar-refractivity contribution < 1.29 is 4.79 Å². The summed E-state index contributed by atoms with van der Waals surface area (Å²) in [6, 6.07) is 3.82. The Morgan fingerprint density at radius 3 is 2.89 bits per heavy atom. The Kier molecular flexibility index (Phi) is 7.03. The average Bonchev–Trinajstić information content (AvgIpc) is 2.37. The first-order valence-electron chi connectivity index (χ1n) is 6.55. The molecule has 0 bridgehead atoms. The number of hydrogen-bond acceptors (Lipinski definition) is 3. The van der Waals surface area contributed by atoms with Crippen LogP contribution >= 0.6 is 0 Å². The lowest BCUT2D eigenvalue weighted by Gasteiger charge is -2.07. The summed E-state index contributed by atoms with van der Waals surface area (Å²) in [5.74, 6) is 0.785. The van der Waals surface area contributed by atoms with Crippen molar-refractivity contribution in [1.82, 2.24) is 15.6 Å². The highest BCUT2D eigenvalue weighted by atomic mass is 16.1. The molecule has 0 aliphatic heterocycles. The predicted octanol–water partition coefficient (Wildman–Crippen LogP) is 1.72. The Hall–Kier alpha value is -1.42. The molecular weight excluding hydrogens is 226 g/mol. The van der Waals surface area contributed by atoms with Crippen molar-refractivity contribution in [1.29, 1.82) is 0 Å². The Balaban J connectivity index is 2.04. The molecule has 0 saturated carbocycles. The topological polar surface area (TPSA) is 54.0 Å². The van der Waals surface area contributed by atoms with Gasteiger partial charge in [0.1, 0.15) is 0 Å². The van der Waals surface area contributed by atoms with Crippen LogP contribution < -0.4 is 10.6 Å². The summed E-state index contributed by atoms with van der Waals surface area (Å²) < 4.78 is 0.